The molecule has 2 rings (SSSR count). The van der Waals surface area contributed by atoms with E-state index in [1.54, 1.807) is 18.2 Å². The first-order valence-corrected chi connectivity index (χ1v) is 13.7. The third-order valence-electron chi connectivity index (χ3n) is 3.37. The summed E-state index contributed by atoms with van der Waals surface area (Å²) in [5.74, 6) is 0.543. The van der Waals surface area contributed by atoms with Crippen LogP contribution in [0.25, 0.3) is 0 Å². The molecule has 0 radical (unpaired) electrons. The molecule has 0 spiro atoms. The number of benzene rings is 2. The minimum atomic E-state index is -3.77. The van der Waals surface area contributed by atoms with Crippen molar-refractivity contribution in [1.29, 1.82) is 5.41 Å². The molecule has 178 valence electrons. The number of hydrogen-bond donors (Lipinski definition) is 4. The first-order chi connectivity index (χ1) is 14.8. The van der Waals surface area contributed by atoms with Crippen molar-refractivity contribution in [3.05, 3.63) is 57.0 Å². The summed E-state index contributed by atoms with van der Waals surface area (Å²) in [5, 5.41) is 9.87. The van der Waals surface area contributed by atoms with E-state index in [4.69, 9.17) is 24.6 Å². The largest absolute Gasteiger partial charge is 0.492 e. The van der Waals surface area contributed by atoms with Gasteiger partial charge in [0.25, 0.3) is 20.2 Å². The lowest BCUT2D eigenvalue weighted by Crippen LogP contribution is -2.29. The molecule has 0 aromatic heterocycles. The Balaban J connectivity index is 0.000000920. The zero-order valence-electron chi connectivity index (χ0n) is 16.9. The Hall–Kier alpha value is -1.71. The standard InChI is InChI=1S/C17H19Br2N3O4S.CH4O3S/c18-13-3-5-14(6-4-13)27(23,24)26-9-1-8-25-16-7-2-12(10-15(16)19)11-22-17(20)21;1-5(2,3)4/h2-7,10H,1,8-9,11H2,(H4,20,21,22);1H3,(H,2,3,4). The van der Waals surface area contributed by atoms with Crippen LogP contribution in [-0.2, 0) is 31.0 Å². The van der Waals surface area contributed by atoms with Gasteiger partial charge in [-0.05, 0) is 57.9 Å². The monoisotopic (exact) mass is 615 g/mol. The lowest BCUT2D eigenvalue weighted by molar-refractivity contribution is 0.250. The first-order valence-electron chi connectivity index (χ1n) is 8.84. The van der Waals surface area contributed by atoms with E-state index < -0.39 is 20.2 Å². The number of halogens is 2. The molecule has 5 N–H and O–H groups in total. The molecule has 0 unspecified atom stereocenters. The summed E-state index contributed by atoms with van der Waals surface area (Å²) in [6, 6.07) is 11.8. The Bertz CT molecular complexity index is 1100. The van der Waals surface area contributed by atoms with Crippen LogP contribution in [0, 0.1) is 5.41 Å². The molecule has 0 saturated heterocycles. The molecular formula is C18H23Br2N3O7S2. The van der Waals surface area contributed by atoms with Crippen LogP contribution in [0.3, 0.4) is 0 Å². The Morgan fingerprint density at radius 3 is 2.22 bits per heavy atom. The van der Waals surface area contributed by atoms with Crippen LogP contribution in [-0.4, -0.2) is 46.8 Å². The molecular weight excluding hydrogens is 594 g/mol. The van der Waals surface area contributed by atoms with E-state index in [1.807, 2.05) is 12.1 Å². The molecule has 14 heteroatoms. The third-order valence-corrected chi connectivity index (χ3v) is 5.84. The minimum Gasteiger partial charge on any atom is -0.492 e. The highest BCUT2D eigenvalue weighted by Gasteiger charge is 2.14. The van der Waals surface area contributed by atoms with Gasteiger partial charge in [0.2, 0.25) is 0 Å². The van der Waals surface area contributed by atoms with Gasteiger partial charge in [0.15, 0.2) is 5.96 Å². The topological polar surface area (TPSA) is 169 Å². The summed E-state index contributed by atoms with van der Waals surface area (Å²) < 4.78 is 62.2. The fourth-order valence-corrected chi connectivity index (χ4v) is 3.80. The average molecular weight is 617 g/mol. The Morgan fingerprint density at radius 2 is 1.69 bits per heavy atom. The molecule has 0 saturated carbocycles. The van der Waals surface area contributed by atoms with Crippen LogP contribution in [0.2, 0.25) is 0 Å². The van der Waals surface area contributed by atoms with Crippen molar-refractivity contribution in [2.24, 2.45) is 5.73 Å². The van der Waals surface area contributed by atoms with Crippen LogP contribution in [0.15, 0.2) is 56.3 Å². The van der Waals surface area contributed by atoms with Crippen molar-refractivity contribution in [2.45, 2.75) is 17.9 Å². The maximum Gasteiger partial charge on any atom is 0.296 e. The second kappa shape index (κ2) is 13.1. The number of nitrogens with two attached hydrogens (primary N) is 1. The van der Waals surface area contributed by atoms with Gasteiger partial charge in [-0.1, -0.05) is 22.0 Å². The van der Waals surface area contributed by atoms with Crippen molar-refractivity contribution in [1.82, 2.24) is 5.32 Å². The molecule has 0 heterocycles. The van der Waals surface area contributed by atoms with Gasteiger partial charge < -0.3 is 15.8 Å². The fraction of sp³-hybridized carbons (Fsp3) is 0.278. The van der Waals surface area contributed by atoms with Crippen molar-refractivity contribution >= 4 is 58.1 Å². The maximum atomic E-state index is 12.1. The van der Waals surface area contributed by atoms with E-state index in [1.165, 1.54) is 12.1 Å². The van der Waals surface area contributed by atoms with E-state index in [0.29, 0.717) is 31.6 Å². The van der Waals surface area contributed by atoms with Crippen LogP contribution in [0.4, 0.5) is 0 Å². The predicted molar refractivity (Wildman–Crippen MR) is 128 cm³/mol. The molecule has 2 aromatic rings. The van der Waals surface area contributed by atoms with Gasteiger partial charge in [0.1, 0.15) is 5.75 Å². The average Bonchev–Trinajstić information content (AvgIpc) is 2.66. The van der Waals surface area contributed by atoms with Gasteiger partial charge in [-0.3, -0.25) is 14.1 Å². The van der Waals surface area contributed by atoms with Gasteiger partial charge in [0.05, 0.1) is 28.8 Å². The number of nitrogens with one attached hydrogen (secondary N) is 2. The van der Waals surface area contributed by atoms with Crippen LogP contribution in [0.1, 0.15) is 12.0 Å². The summed E-state index contributed by atoms with van der Waals surface area (Å²) in [6.45, 7) is 0.770. The molecule has 2 aromatic carbocycles. The summed E-state index contributed by atoms with van der Waals surface area (Å²) in [6.07, 6.45) is 1.13. The Labute approximate surface area is 204 Å². The number of guanidine groups is 1. The zero-order chi connectivity index (χ0) is 24.4. The predicted octanol–water partition coefficient (Wildman–Crippen LogP) is 2.87. The molecule has 0 bridgehead atoms. The number of ether oxygens (including phenoxy) is 1. The lowest BCUT2D eigenvalue weighted by Gasteiger charge is -2.11. The maximum absolute atomic E-state index is 12.1. The summed E-state index contributed by atoms with van der Waals surface area (Å²) in [5.41, 5.74) is 6.19. The third kappa shape index (κ3) is 12.4. The second-order valence-electron chi connectivity index (χ2n) is 6.20. The normalized spacial score (nSPS) is 11.2. The summed E-state index contributed by atoms with van der Waals surface area (Å²) in [7, 11) is -7.44. The zero-order valence-corrected chi connectivity index (χ0v) is 21.7. The molecule has 0 aliphatic rings. The molecule has 10 nitrogen and oxygen atoms in total. The highest BCUT2D eigenvalue weighted by molar-refractivity contribution is 9.10. The number of hydrogen-bond acceptors (Lipinski definition) is 7. The molecule has 0 atom stereocenters. The van der Waals surface area contributed by atoms with Crippen LogP contribution in [0.5, 0.6) is 5.75 Å². The molecule has 0 fully saturated rings. The van der Waals surface area contributed by atoms with Crippen LogP contribution >= 0.6 is 31.9 Å². The molecule has 0 amide bonds. The SMILES string of the molecule is CS(=O)(=O)O.N=C(N)NCc1ccc(OCCCOS(=O)(=O)c2ccc(Br)cc2)c(Br)c1. The second-order valence-corrected chi connectivity index (χ2v) is 11.0. The smallest absolute Gasteiger partial charge is 0.296 e. The summed E-state index contributed by atoms with van der Waals surface area (Å²) in [4.78, 5) is 0.115. The summed E-state index contributed by atoms with van der Waals surface area (Å²) >= 11 is 6.68. The van der Waals surface area contributed by atoms with Crippen LogP contribution < -0.4 is 15.8 Å². The molecule has 32 heavy (non-hydrogen) atoms. The van der Waals surface area contributed by atoms with Crippen molar-refractivity contribution < 1.29 is 30.3 Å². The van der Waals surface area contributed by atoms with E-state index in [9.17, 15) is 16.8 Å². The minimum absolute atomic E-state index is 0.0244. The Kier molecular flexibility index (Phi) is 11.6. The first kappa shape index (κ1) is 28.3. The van der Waals surface area contributed by atoms with Crippen molar-refractivity contribution in [2.75, 3.05) is 19.5 Å². The Morgan fingerprint density at radius 1 is 1.09 bits per heavy atom. The van der Waals surface area contributed by atoms with E-state index >= 15 is 0 Å². The van der Waals surface area contributed by atoms with Gasteiger partial charge >= 0.3 is 0 Å². The van der Waals surface area contributed by atoms with E-state index in [2.05, 4.69) is 37.2 Å². The van der Waals surface area contributed by atoms with Crippen molar-refractivity contribution in [3.8, 4) is 5.75 Å². The van der Waals surface area contributed by atoms with Gasteiger partial charge in [-0.2, -0.15) is 16.8 Å². The quantitative estimate of drug-likeness (QED) is 0.109. The highest BCUT2D eigenvalue weighted by Crippen LogP contribution is 2.26. The van der Waals surface area contributed by atoms with E-state index in [-0.39, 0.29) is 17.5 Å². The number of rotatable bonds is 9. The van der Waals surface area contributed by atoms with Gasteiger partial charge in [-0.15, -0.1) is 0 Å². The van der Waals surface area contributed by atoms with Gasteiger partial charge in [0, 0.05) is 17.4 Å². The fourth-order valence-electron chi connectivity index (χ4n) is 2.05. The van der Waals surface area contributed by atoms with E-state index in [0.717, 1.165) is 14.5 Å². The van der Waals surface area contributed by atoms with Gasteiger partial charge in [-0.25, -0.2) is 0 Å². The van der Waals surface area contributed by atoms with Crippen molar-refractivity contribution in [3.63, 3.8) is 0 Å². The molecule has 0 aliphatic heterocycles. The molecule has 0 aliphatic carbocycles. The lowest BCUT2D eigenvalue weighted by atomic mass is 10.2. The highest BCUT2D eigenvalue weighted by atomic mass is 79.9.